The molecule has 0 N–H and O–H groups in total. The van der Waals surface area contributed by atoms with Crippen molar-refractivity contribution < 1.29 is 15.4 Å². The molecule has 218 valence electrons. The van der Waals surface area contributed by atoms with Crippen molar-refractivity contribution in [2.24, 2.45) is 0 Å². The Morgan fingerprint density at radius 1 is 0.383 bits per heavy atom. The summed E-state index contributed by atoms with van der Waals surface area (Å²) in [4.78, 5) is 0. The molecule has 9 aromatic carbocycles. The summed E-state index contributed by atoms with van der Waals surface area (Å²) in [5, 5.41) is 6.20. The van der Waals surface area contributed by atoms with Gasteiger partial charge in [0.25, 0.3) is 0 Å². The second-order valence-corrected chi connectivity index (χ2v) is 11.8. The molecule has 0 saturated heterocycles. The van der Waals surface area contributed by atoms with Crippen LogP contribution in [0.5, 0.6) is 0 Å². The van der Waals surface area contributed by atoms with Crippen LogP contribution >= 0.6 is 0 Å². The van der Waals surface area contributed by atoms with Crippen LogP contribution in [0.2, 0.25) is 0 Å². The van der Waals surface area contributed by atoms with Gasteiger partial charge in [-0.2, -0.15) is 0 Å². The first-order valence-corrected chi connectivity index (χ1v) is 15.5. The lowest BCUT2D eigenvalue weighted by molar-refractivity contribution is 0.673. The van der Waals surface area contributed by atoms with Crippen LogP contribution in [0.4, 0.5) is 0 Å². The highest BCUT2D eigenvalue weighted by Crippen LogP contribution is 2.47. The van der Waals surface area contributed by atoms with Crippen molar-refractivity contribution in [2.45, 2.75) is 0 Å². The van der Waals surface area contributed by atoms with Gasteiger partial charge in [-0.25, -0.2) is 0 Å². The fraction of sp³-hybridized carbons (Fsp3) is 0. The number of benzene rings is 9. The van der Waals surface area contributed by atoms with Crippen LogP contribution in [0.15, 0.2) is 174 Å². The van der Waals surface area contributed by atoms with Gasteiger partial charge in [0, 0.05) is 16.2 Å². The first kappa shape index (κ1) is 19.4. The zero-order valence-corrected chi connectivity index (χ0v) is 25.0. The van der Waals surface area contributed by atoms with Crippen molar-refractivity contribution in [2.75, 3.05) is 0 Å². The first-order chi connectivity index (χ1) is 26.7. The van der Waals surface area contributed by atoms with E-state index in [4.69, 9.17) is 9.90 Å². The molecule has 1 nitrogen and oxygen atoms in total. The summed E-state index contributed by atoms with van der Waals surface area (Å²) in [5.74, 6) is 0. The standard InChI is InChI=1S/C46H28O/c1-3-14-33-29(11-1)13-9-20-34(33)31-23-25-32(26-24-31)43-36-16-5-7-18-38(36)44(39-19-8-6-17-37(39)43)40-21-10-22-42-45(40)41-28-27-30-12-2-4-15-35(30)46(41)47-42/h1-28H/i5D,6D,7D,8D,16D,17D,18D,19D. The van der Waals surface area contributed by atoms with Gasteiger partial charge < -0.3 is 4.42 Å². The summed E-state index contributed by atoms with van der Waals surface area (Å²) in [6.45, 7) is 0. The van der Waals surface area contributed by atoms with Crippen LogP contribution in [0.25, 0.3) is 98.4 Å². The third-order valence-electron chi connectivity index (χ3n) is 9.31. The average Bonchev–Trinajstić information content (AvgIpc) is 3.62. The number of furan rings is 1. The molecule has 10 rings (SSSR count). The van der Waals surface area contributed by atoms with Crippen molar-refractivity contribution in [3.05, 3.63) is 170 Å². The highest BCUT2D eigenvalue weighted by molar-refractivity contribution is 6.27. The molecule has 0 atom stereocenters. The maximum Gasteiger partial charge on any atom is 0.143 e. The van der Waals surface area contributed by atoms with Crippen molar-refractivity contribution in [3.8, 4) is 33.4 Å². The smallest absolute Gasteiger partial charge is 0.143 e. The van der Waals surface area contributed by atoms with E-state index in [9.17, 15) is 5.48 Å². The predicted molar refractivity (Wildman–Crippen MR) is 200 cm³/mol. The Morgan fingerprint density at radius 2 is 0.936 bits per heavy atom. The lowest BCUT2D eigenvalue weighted by atomic mass is 9.84. The quantitative estimate of drug-likeness (QED) is 0.183. The molecule has 10 aromatic rings. The zero-order valence-electron chi connectivity index (χ0n) is 33.0. The van der Waals surface area contributed by atoms with Gasteiger partial charge >= 0.3 is 0 Å². The third-order valence-corrected chi connectivity index (χ3v) is 9.31. The summed E-state index contributed by atoms with van der Waals surface area (Å²) in [7, 11) is 0. The summed E-state index contributed by atoms with van der Waals surface area (Å²) in [6, 6.07) is 36.2. The molecule has 0 aliphatic heterocycles. The first-order valence-electron chi connectivity index (χ1n) is 19.5. The van der Waals surface area contributed by atoms with E-state index in [1.54, 1.807) is 6.07 Å². The van der Waals surface area contributed by atoms with Crippen LogP contribution in [-0.2, 0) is 0 Å². The number of rotatable bonds is 3. The summed E-state index contributed by atoms with van der Waals surface area (Å²) >= 11 is 0. The maximum absolute atomic E-state index is 9.43. The molecule has 0 amide bonds. The lowest BCUT2D eigenvalue weighted by Gasteiger charge is -2.18. The van der Waals surface area contributed by atoms with E-state index in [1.807, 2.05) is 97.1 Å². The average molecular weight is 605 g/mol. The summed E-state index contributed by atoms with van der Waals surface area (Å²) < 4.78 is 79.5. The Morgan fingerprint density at radius 3 is 1.66 bits per heavy atom. The molecule has 0 spiro atoms. The Hall–Kier alpha value is -6.18. The van der Waals surface area contributed by atoms with Gasteiger partial charge in [-0.05, 0) is 83.2 Å². The number of fused-ring (bicyclic) bond motifs is 8. The molecule has 1 heteroatoms. The van der Waals surface area contributed by atoms with E-state index in [0.717, 1.165) is 38.1 Å². The molecule has 47 heavy (non-hydrogen) atoms. The van der Waals surface area contributed by atoms with Gasteiger partial charge in [0.05, 0.1) is 11.0 Å². The van der Waals surface area contributed by atoms with Crippen LogP contribution in [-0.4, -0.2) is 0 Å². The monoisotopic (exact) mass is 604 g/mol. The topological polar surface area (TPSA) is 13.1 Å². The summed E-state index contributed by atoms with van der Waals surface area (Å²) in [5.41, 5.74) is 4.84. The third kappa shape index (κ3) is 3.90. The van der Waals surface area contributed by atoms with E-state index >= 15 is 0 Å². The van der Waals surface area contributed by atoms with Crippen molar-refractivity contribution in [1.29, 1.82) is 0 Å². The molecule has 0 bridgehead atoms. The minimum absolute atomic E-state index is 0.166. The molecule has 0 fully saturated rings. The highest BCUT2D eigenvalue weighted by atomic mass is 16.3. The minimum atomic E-state index is -0.439. The van der Waals surface area contributed by atoms with E-state index in [1.165, 1.54) is 0 Å². The van der Waals surface area contributed by atoms with E-state index in [2.05, 4.69) is 18.2 Å². The van der Waals surface area contributed by atoms with Gasteiger partial charge in [0.2, 0.25) is 0 Å². The van der Waals surface area contributed by atoms with Gasteiger partial charge in [-0.15, -0.1) is 0 Å². The van der Waals surface area contributed by atoms with Crippen LogP contribution in [0.1, 0.15) is 11.0 Å². The predicted octanol–water partition coefficient (Wildman–Crippen LogP) is 13.2. The van der Waals surface area contributed by atoms with Crippen molar-refractivity contribution in [3.63, 3.8) is 0 Å². The SMILES string of the molecule is [2H]c1c([2H])c([2H])c2c(-c3cccc4oc5c6ccccc6ccc5c34)c3c([2H])c([2H])c([2H])c([2H])c3c(-c3ccc(-c4cccc5ccccc45)cc3)c2c1[2H]. The largest absolute Gasteiger partial charge is 0.455 e. The van der Waals surface area contributed by atoms with Crippen molar-refractivity contribution >= 4 is 65.0 Å². The van der Waals surface area contributed by atoms with E-state index in [-0.39, 0.29) is 45.7 Å². The van der Waals surface area contributed by atoms with Gasteiger partial charge in [-0.3, -0.25) is 0 Å². The van der Waals surface area contributed by atoms with Gasteiger partial charge in [-0.1, -0.05) is 158 Å². The molecule has 0 aliphatic rings. The van der Waals surface area contributed by atoms with E-state index in [0.29, 0.717) is 38.8 Å². The summed E-state index contributed by atoms with van der Waals surface area (Å²) in [6.07, 6.45) is 0. The molecular formula is C46H28O. The zero-order chi connectivity index (χ0) is 37.9. The van der Waals surface area contributed by atoms with Crippen LogP contribution < -0.4 is 0 Å². The second kappa shape index (κ2) is 10.2. The van der Waals surface area contributed by atoms with Gasteiger partial charge in [0.15, 0.2) is 0 Å². The van der Waals surface area contributed by atoms with Crippen LogP contribution in [0.3, 0.4) is 0 Å². The molecule has 0 saturated carbocycles. The number of hydrogen-bond acceptors (Lipinski definition) is 1. The molecule has 0 aliphatic carbocycles. The molecule has 1 heterocycles. The van der Waals surface area contributed by atoms with Crippen molar-refractivity contribution in [1.82, 2.24) is 0 Å². The fourth-order valence-electron chi connectivity index (χ4n) is 7.24. The lowest BCUT2D eigenvalue weighted by Crippen LogP contribution is -1.91. The van der Waals surface area contributed by atoms with Gasteiger partial charge in [0.1, 0.15) is 11.2 Å². The normalized spacial score (nSPS) is 14.2. The highest BCUT2D eigenvalue weighted by Gasteiger charge is 2.21. The minimum Gasteiger partial charge on any atom is -0.455 e. The fourth-order valence-corrected chi connectivity index (χ4v) is 7.24. The Bertz CT molecular complexity index is 3210. The molecule has 1 aromatic heterocycles. The number of hydrogen-bond donors (Lipinski definition) is 0. The molecule has 0 radical (unpaired) electrons. The Balaban J connectivity index is 1.38. The Kier molecular flexibility index (Phi) is 4.19. The maximum atomic E-state index is 9.43. The van der Waals surface area contributed by atoms with Crippen LogP contribution in [0, 0.1) is 0 Å². The molecular weight excluding hydrogens is 569 g/mol. The Labute approximate surface area is 283 Å². The van der Waals surface area contributed by atoms with E-state index < -0.39 is 24.2 Å². The molecule has 0 unspecified atom stereocenters. The second-order valence-electron chi connectivity index (χ2n) is 11.8.